The molecule has 4 rings (SSSR count). The van der Waals surface area contributed by atoms with E-state index in [-0.39, 0.29) is 22.9 Å². The van der Waals surface area contributed by atoms with Crippen molar-refractivity contribution in [2.45, 2.75) is 19.9 Å². The second-order valence-corrected chi connectivity index (χ2v) is 10.6. The largest absolute Gasteiger partial charge is 0.497 e. The third kappa shape index (κ3) is 5.29. The molecule has 0 aromatic heterocycles. The number of nitrogens with one attached hydrogen (secondary N) is 1. The number of hydrogen-bond donors (Lipinski definition) is 1. The van der Waals surface area contributed by atoms with Crippen LogP contribution >= 0.6 is 11.6 Å². The molecule has 0 bridgehead atoms. The zero-order valence-corrected chi connectivity index (χ0v) is 21.4. The molecular formula is C27H25ClN2O5S. The second kappa shape index (κ2) is 10.6. The first kappa shape index (κ1) is 25.5. The van der Waals surface area contributed by atoms with E-state index in [0.717, 1.165) is 9.87 Å². The maximum atomic E-state index is 13.2. The van der Waals surface area contributed by atoms with E-state index in [0.29, 0.717) is 40.4 Å². The summed E-state index contributed by atoms with van der Waals surface area (Å²) in [6.45, 7) is 1.84. The van der Waals surface area contributed by atoms with Gasteiger partial charge in [0.2, 0.25) is 0 Å². The van der Waals surface area contributed by atoms with E-state index in [1.54, 1.807) is 60.7 Å². The molecule has 3 aromatic carbocycles. The summed E-state index contributed by atoms with van der Waals surface area (Å²) in [5.74, 6) is -0.214. The van der Waals surface area contributed by atoms with Crippen molar-refractivity contribution < 1.29 is 22.7 Å². The van der Waals surface area contributed by atoms with Gasteiger partial charge >= 0.3 is 0 Å². The van der Waals surface area contributed by atoms with Crippen molar-refractivity contribution in [1.29, 1.82) is 0 Å². The van der Waals surface area contributed by atoms with Gasteiger partial charge in [-0.2, -0.15) is 0 Å². The Kier molecular flexibility index (Phi) is 7.47. The number of carbonyl (C=O) groups is 2. The van der Waals surface area contributed by atoms with Crippen LogP contribution in [0.25, 0.3) is 4.91 Å². The zero-order valence-electron chi connectivity index (χ0n) is 19.8. The van der Waals surface area contributed by atoms with E-state index in [1.807, 2.05) is 12.1 Å². The summed E-state index contributed by atoms with van der Waals surface area (Å²) < 4.78 is 32.5. The fourth-order valence-electron chi connectivity index (χ4n) is 3.96. The maximum absolute atomic E-state index is 13.2. The number of methoxy groups -OCH3 is 1. The molecule has 1 aliphatic heterocycles. The molecule has 0 unspecified atom stereocenters. The van der Waals surface area contributed by atoms with Gasteiger partial charge in [0.1, 0.15) is 10.7 Å². The van der Waals surface area contributed by atoms with Crippen molar-refractivity contribution in [3.05, 3.63) is 106 Å². The van der Waals surface area contributed by atoms with Gasteiger partial charge in [-0.15, -0.1) is 0 Å². The molecule has 0 saturated heterocycles. The molecule has 0 saturated carbocycles. The predicted octanol–water partition coefficient (Wildman–Crippen LogP) is 4.42. The third-order valence-corrected chi connectivity index (χ3v) is 8.13. The minimum Gasteiger partial charge on any atom is -0.497 e. The lowest BCUT2D eigenvalue weighted by Crippen LogP contribution is -2.31. The first-order valence-electron chi connectivity index (χ1n) is 11.2. The van der Waals surface area contributed by atoms with Gasteiger partial charge in [0, 0.05) is 22.7 Å². The molecule has 0 spiro atoms. The number of sulfonamides is 1. The Labute approximate surface area is 215 Å². The van der Waals surface area contributed by atoms with Crippen molar-refractivity contribution in [3.8, 4) is 5.75 Å². The Morgan fingerprint density at radius 1 is 0.944 bits per heavy atom. The molecule has 3 aromatic rings. The number of carbonyl (C=O) groups excluding carboxylic acids is 2. The topological polar surface area (TPSA) is 92.8 Å². The highest BCUT2D eigenvalue weighted by atomic mass is 35.5. The van der Waals surface area contributed by atoms with Crippen LogP contribution in [0.1, 0.15) is 34.0 Å². The van der Waals surface area contributed by atoms with E-state index in [1.165, 1.54) is 14.0 Å². The fourth-order valence-corrected chi connectivity index (χ4v) is 5.89. The van der Waals surface area contributed by atoms with Crippen LogP contribution in [0.4, 0.5) is 0 Å². The van der Waals surface area contributed by atoms with Crippen LogP contribution in [0.2, 0.25) is 5.02 Å². The molecule has 7 nitrogen and oxygen atoms in total. The molecule has 36 heavy (non-hydrogen) atoms. The summed E-state index contributed by atoms with van der Waals surface area (Å²) in [5.41, 5.74) is 2.68. The van der Waals surface area contributed by atoms with Crippen LogP contribution in [0.3, 0.4) is 0 Å². The maximum Gasteiger partial charge on any atom is 0.268 e. The van der Waals surface area contributed by atoms with Crippen molar-refractivity contribution >= 4 is 38.3 Å². The summed E-state index contributed by atoms with van der Waals surface area (Å²) in [6.07, 6.45) is 0.665. The van der Waals surface area contributed by atoms with Crippen molar-refractivity contribution in [3.63, 3.8) is 0 Å². The van der Waals surface area contributed by atoms with Crippen LogP contribution in [0, 0.1) is 0 Å². The Morgan fingerprint density at radius 3 is 2.17 bits per heavy atom. The van der Waals surface area contributed by atoms with E-state index in [4.69, 9.17) is 16.3 Å². The average molecular weight is 525 g/mol. The first-order chi connectivity index (χ1) is 17.2. The van der Waals surface area contributed by atoms with Crippen LogP contribution in [0.15, 0.2) is 78.4 Å². The molecule has 1 N–H and O–H groups in total. The average Bonchev–Trinajstić information content (AvgIpc) is 3.04. The molecule has 186 valence electrons. The predicted molar refractivity (Wildman–Crippen MR) is 139 cm³/mol. The van der Waals surface area contributed by atoms with Crippen molar-refractivity contribution in [2.24, 2.45) is 0 Å². The highest BCUT2D eigenvalue weighted by Gasteiger charge is 2.42. The SMILES string of the molecule is COc1ccc(C2=C(C)C(=O)N(Cc3ccc(C(=O)NCCc4ccc(Cl)cc4)cc3)S2(=O)=O)cc1. The smallest absolute Gasteiger partial charge is 0.268 e. The van der Waals surface area contributed by atoms with Gasteiger partial charge in [-0.3, -0.25) is 9.59 Å². The van der Waals surface area contributed by atoms with Gasteiger partial charge in [0.15, 0.2) is 0 Å². The normalized spacial score (nSPS) is 14.8. The number of hydrogen-bond acceptors (Lipinski definition) is 5. The Bertz CT molecular complexity index is 1410. The summed E-state index contributed by atoms with van der Waals surface area (Å²) >= 11 is 5.89. The van der Waals surface area contributed by atoms with E-state index >= 15 is 0 Å². The Balaban J connectivity index is 1.41. The summed E-state index contributed by atoms with van der Waals surface area (Å²) in [5, 5.41) is 3.53. The molecule has 1 aliphatic rings. The van der Waals surface area contributed by atoms with Crippen LogP contribution in [-0.4, -0.2) is 38.2 Å². The fraction of sp³-hybridized carbons (Fsp3) is 0.185. The lowest BCUT2D eigenvalue weighted by Gasteiger charge is -2.17. The summed E-state index contributed by atoms with van der Waals surface area (Å²) in [4.78, 5) is 25.3. The van der Waals surface area contributed by atoms with Gasteiger partial charge in [0.05, 0.1) is 13.7 Å². The second-order valence-electron chi connectivity index (χ2n) is 8.33. The minimum absolute atomic E-state index is 0.00756. The van der Waals surface area contributed by atoms with E-state index in [9.17, 15) is 18.0 Å². The third-order valence-electron chi connectivity index (χ3n) is 5.94. The first-order valence-corrected chi connectivity index (χ1v) is 13.1. The van der Waals surface area contributed by atoms with Crippen LogP contribution < -0.4 is 10.1 Å². The highest BCUT2D eigenvalue weighted by Crippen LogP contribution is 2.37. The Morgan fingerprint density at radius 2 is 1.56 bits per heavy atom. The van der Waals surface area contributed by atoms with E-state index in [2.05, 4.69) is 5.32 Å². The molecule has 1 heterocycles. The standard InChI is InChI=1S/C27H25ClN2O5S/c1-18-25(21-9-13-24(35-2)14-10-21)36(33,34)30(27(18)32)17-20-3-7-22(8-4-20)26(31)29-16-15-19-5-11-23(28)12-6-19/h3-14H,15-17H2,1-2H3,(H,29,31). The van der Waals surface area contributed by atoms with Crippen molar-refractivity contribution in [1.82, 2.24) is 9.62 Å². The molecular weight excluding hydrogens is 500 g/mol. The van der Waals surface area contributed by atoms with Gasteiger partial charge < -0.3 is 10.1 Å². The highest BCUT2D eigenvalue weighted by molar-refractivity contribution is 7.99. The number of ether oxygens (including phenoxy) is 1. The summed E-state index contributed by atoms with van der Waals surface area (Å²) in [7, 11) is -2.51. The molecule has 0 fully saturated rings. The number of nitrogens with zero attached hydrogens (tertiary/aromatic N) is 1. The zero-order chi connectivity index (χ0) is 25.9. The Hall–Kier alpha value is -3.62. The number of rotatable bonds is 8. The molecule has 2 amide bonds. The lowest BCUT2D eigenvalue weighted by molar-refractivity contribution is -0.122. The van der Waals surface area contributed by atoms with Gasteiger partial charge in [-0.05, 0) is 78.6 Å². The summed E-state index contributed by atoms with van der Waals surface area (Å²) in [6, 6.07) is 20.5. The van der Waals surface area contributed by atoms with Gasteiger partial charge in [0.25, 0.3) is 21.8 Å². The monoisotopic (exact) mass is 524 g/mol. The van der Waals surface area contributed by atoms with Crippen molar-refractivity contribution in [2.75, 3.05) is 13.7 Å². The van der Waals surface area contributed by atoms with Crippen LogP contribution in [0.5, 0.6) is 5.75 Å². The number of halogens is 1. The number of benzene rings is 3. The van der Waals surface area contributed by atoms with Gasteiger partial charge in [-0.25, -0.2) is 12.7 Å². The molecule has 0 aliphatic carbocycles. The molecule has 0 radical (unpaired) electrons. The lowest BCUT2D eigenvalue weighted by atomic mass is 10.1. The molecule has 9 heteroatoms. The van der Waals surface area contributed by atoms with Gasteiger partial charge in [-0.1, -0.05) is 35.9 Å². The van der Waals surface area contributed by atoms with E-state index < -0.39 is 15.9 Å². The quantitative estimate of drug-likeness (QED) is 0.471. The number of amides is 2. The molecule has 0 atom stereocenters. The minimum atomic E-state index is -4.03. The van der Waals surface area contributed by atoms with Crippen LogP contribution in [-0.2, 0) is 27.8 Å².